The van der Waals surface area contributed by atoms with Gasteiger partial charge in [-0.15, -0.1) is 0 Å². The monoisotopic (exact) mass is 200 g/mol. The van der Waals surface area contributed by atoms with Gasteiger partial charge in [0.25, 0.3) is 5.56 Å². The van der Waals surface area contributed by atoms with E-state index in [2.05, 4.69) is 14.5 Å². The average molecular weight is 200 g/mol. The summed E-state index contributed by atoms with van der Waals surface area (Å²) in [6, 6.07) is 0. The number of nitrogens with one attached hydrogen (secondary N) is 2. The molecule has 0 aliphatic rings. The van der Waals surface area contributed by atoms with Gasteiger partial charge in [-0.05, 0) is 0 Å². The molecule has 0 unspecified atom stereocenters. The molecule has 0 fully saturated rings. The van der Waals surface area contributed by atoms with Crippen LogP contribution in [0.3, 0.4) is 0 Å². The summed E-state index contributed by atoms with van der Waals surface area (Å²) in [7, 11) is 2.33. The molecule has 0 atom stereocenters. The molecular weight excluding hydrogens is 192 g/mol. The molecule has 1 aromatic heterocycles. The fraction of sp³-hybridized carbons (Fsp3) is 0.286. The van der Waals surface area contributed by atoms with E-state index in [0.29, 0.717) is 0 Å². The van der Waals surface area contributed by atoms with Gasteiger partial charge >= 0.3 is 11.7 Å². The summed E-state index contributed by atoms with van der Waals surface area (Å²) >= 11 is 0. The molecule has 0 aliphatic heterocycles. The van der Waals surface area contributed by atoms with Crippen molar-refractivity contribution in [3.8, 4) is 5.75 Å². The Morgan fingerprint density at radius 1 is 1.21 bits per heavy atom. The lowest BCUT2D eigenvalue weighted by atomic mass is 10.4. The van der Waals surface area contributed by atoms with Crippen molar-refractivity contribution in [1.82, 2.24) is 9.97 Å². The zero-order valence-corrected chi connectivity index (χ0v) is 7.54. The molecule has 1 rings (SSSR count). The molecule has 7 heteroatoms. The Hall–Kier alpha value is -2.05. The van der Waals surface area contributed by atoms with Crippen LogP contribution in [0.1, 0.15) is 10.5 Å². The van der Waals surface area contributed by atoms with Gasteiger partial charge in [-0.2, -0.15) is 0 Å². The molecule has 0 aromatic carbocycles. The Labute approximate surface area is 77.7 Å². The third kappa shape index (κ3) is 1.65. The normalized spacial score (nSPS) is 9.57. The van der Waals surface area contributed by atoms with Crippen molar-refractivity contribution in [1.29, 1.82) is 0 Å². The average Bonchev–Trinajstić information content (AvgIpc) is 2.15. The standard InChI is InChI=1S/C7H8N2O5/c1-13-4-3(6(11)14-2)8-7(12)9-5(4)10/h1-2H3,(H2,8,9,10,12). The number of esters is 1. The zero-order chi connectivity index (χ0) is 10.7. The van der Waals surface area contributed by atoms with Crippen LogP contribution >= 0.6 is 0 Å². The highest BCUT2D eigenvalue weighted by Crippen LogP contribution is 2.07. The molecular formula is C7H8N2O5. The van der Waals surface area contributed by atoms with E-state index in [-0.39, 0.29) is 11.4 Å². The fourth-order valence-corrected chi connectivity index (χ4v) is 0.916. The fourth-order valence-electron chi connectivity index (χ4n) is 0.916. The number of carbonyl (C=O) groups is 1. The largest absolute Gasteiger partial charge is 0.489 e. The van der Waals surface area contributed by atoms with Gasteiger partial charge < -0.3 is 9.47 Å². The summed E-state index contributed by atoms with van der Waals surface area (Å²) in [5, 5.41) is 0. The van der Waals surface area contributed by atoms with Crippen molar-refractivity contribution >= 4 is 5.97 Å². The van der Waals surface area contributed by atoms with E-state index in [9.17, 15) is 14.4 Å². The molecule has 0 saturated carbocycles. The van der Waals surface area contributed by atoms with Gasteiger partial charge in [0, 0.05) is 0 Å². The van der Waals surface area contributed by atoms with Gasteiger partial charge in [-0.1, -0.05) is 0 Å². The van der Waals surface area contributed by atoms with E-state index in [1.807, 2.05) is 4.98 Å². The van der Waals surface area contributed by atoms with Crippen molar-refractivity contribution in [3.63, 3.8) is 0 Å². The highest BCUT2D eigenvalue weighted by molar-refractivity contribution is 5.89. The number of hydrogen-bond donors (Lipinski definition) is 2. The van der Waals surface area contributed by atoms with Gasteiger partial charge in [-0.25, -0.2) is 9.59 Å². The summed E-state index contributed by atoms with van der Waals surface area (Å²) in [5.41, 5.74) is -1.88. The maximum atomic E-state index is 11.1. The predicted octanol–water partition coefficient (Wildman–Crippen LogP) is -1.14. The first kappa shape index (κ1) is 10.0. The molecule has 1 heterocycles. The van der Waals surface area contributed by atoms with Crippen LogP contribution in [0.5, 0.6) is 5.75 Å². The molecule has 1 aromatic rings. The highest BCUT2D eigenvalue weighted by Gasteiger charge is 2.17. The molecule has 0 saturated heterocycles. The summed E-state index contributed by atoms with van der Waals surface area (Å²) in [5.74, 6) is -1.12. The minimum absolute atomic E-state index is 0.281. The van der Waals surface area contributed by atoms with Gasteiger partial charge in [0.05, 0.1) is 14.2 Å². The second kappa shape index (κ2) is 3.77. The van der Waals surface area contributed by atoms with Crippen LogP contribution in [0.4, 0.5) is 0 Å². The maximum absolute atomic E-state index is 11.1. The van der Waals surface area contributed by atoms with Crippen LogP contribution in [0.25, 0.3) is 0 Å². The molecule has 0 spiro atoms. The third-order valence-electron chi connectivity index (χ3n) is 1.49. The van der Waals surface area contributed by atoms with Crippen LogP contribution < -0.4 is 16.0 Å². The van der Waals surface area contributed by atoms with Crippen LogP contribution in [0, 0.1) is 0 Å². The predicted molar refractivity (Wildman–Crippen MR) is 45.6 cm³/mol. The second-order valence-corrected chi connectivity index (χ2v) is 2.31. The minimum Gasteiger partial charge on any atom is -0.489 e. The summed E-state index contributed by atoms with van der Waals surface area (Å²) < 4.78 is 8.99. The van der Waals surface area contributed by atoms with Gasteiger partial charge in [-0.3, -0.25) is 14.8 Å². The summed E-state index contributed by atoms with van der Waals surface area (Å²) in [4.78, 5) is 37.0. The third-order valence-corrected chi connectivity index (χ3v) is 1.49. The summed E-state index contributed by atoms with van der Waals surface area (Å²) in [6.07, 6.45) is 0. The highest BCUT2D eigenvalue weighted by atomic mass is 16.5. The molecule has 0 radical (unpaired) electrons. The first-order valence-corrected chi connectivity index (χ1v) is 3.59. The molecule has 0 bridgehead atoms. The Balaban J connectivity index is 3.47. The van der Waals surface area contributed by atoms with E-state index >= 15 is 0 Å². The van der Waals surface area contributed by atoms with E-state index in [1.165, 1.54) is 7.11 Å². The van der Waals surface area contributed by atoms with Crippen molar-refractivity contribution in [2.75, 3.05) is 14.2 Å². The van der Waals surface area contributed by atoms with Crippen molar-refractivity contribution in [2.45, 2.75) is 0 Å². The SMILES string of the molecule is COC(=O)c1[nH]c(=O)[nH]c(=O)c1OC. The number of aromatic amines is 2. The quantitative estimate of drug-likeness (QED) is 0.587. The zero-order valence-electron chi connectivity index (χ0n) is 7.54. The molecule has 7 nitrogen and oxygen atoms in total. The number of methoxy groups -OCH3 is 2. The molecule has 2 N–H and O–H groups in total. The first-order chi connectivity index (χ1) is 6.60. The van der Waals surface area contributed by atoms with Gasteiger partial charge in [0.15, 0.2) is 5.69 Å². The van der Waals surface area contributed by atoms with E-state index in [1.54, 1.807) is 0 Å². The van der Waals surface area contributed by atoms with Crippen molar-refractivity contribution < 1.29 is 14.3 Å². The smallest absolute Gasteiger partial charge is 0.358 e. The van der Waals surface area contributed by atoms with Crippen LogP contribution in [0.2, 0.25) is 0 Å². The number of rotatable bonds is 2. The number of H-pyrrole nitrogens is 2. The van der Waals surface area contributed by atoms with Crippen LogP contribution in [-0.4, -0.2) is 30.2 Å². The number of carbonyl (C=O) groups excluding carboxylic acids is 1. The number of hydrogen-bond acceptors (Lipinski definition) is 5. The Morgan fingerprint density at radius 3 is 2.36 bits per heavy atom. The van der Waals surface area contributed by atoms with E-state index in [0.717, 1.165) is 7.11 Å². The molecule has 14 heavy (non-hydrogen) atoms. The lowest BCUT2D eigenvalue weighted by molar-refractivity contribution is 0.0589. The van der Waals surface area contributed by atoms with Crippen molar-refractivity contribution in [3.05, 3.63) is 26.5 Å². The van der Waals surface area contributed by atoms with Gasteiger partial charge in [0.1, 0.15) is 0 Å². The number of ether oxygens (including phenoxy) is 2. The molecule has 76 valence electrons. The minimum atomic E-state index is -0.843. The Bertz CT molecular complexity index is 458. The second-order valence-electron chi connectivity index (χ2n) is 2.31. The van der Waals surface area contributed by atoms with Crippen LogP contribution in [0.15, 0.2) is 9.59 Å². The lowest BCUT2D eigenvalue weighted by Crippen LogP contribution is -2.27. The van der Waals surface area contributed by atoms with E-state index in [4.69, 9.17) is 0 Å². The van der Waals surface area contributed by atoms with E-state index < -0.39 is 17.2 Å². The van der Waals surface area contributed by atoms with Crippen molar-refractivity contribution in [2.24, 2.45) is 0 Å². The molecule has 0 aliphatic carbocycles. The van der Waals surface area contributed by atoms with Crippen LogP contribution in [-0.2, 0) is 4.74 Å². The lowest BCUT2D eigenvalue weighted by Gasteiger charge is -2.03. The van der Waals surface area contributed by atoms with Gasteiger partial charge in [0.2, 0.25) is 5.75 Å². The summed E-state index contributed by atoms with van der Waals surface area (Å²) in [6.45, 7) is 0. The topological polar surface area (TPSA) is 101 Å². The Kier molecular flexibility index (Phi) is 2.70. The molecule has 0 amide bonds. The maximum Gasteiger partial charge on any atom is 0.358 e. The number of aromatic nitrogens is 2. The Morgan fingerprint density at radius 2 is 1.86 bits per heavy atom. The first-order valence-electron chi connectivity index (χ1n) is 3.59.